The van der Waals surface area contributed by atoms with Crippen LogP contribution >= 0.6 is 0 Å². The van der Waals surface area contributed by atoms with Gasteiger partial charge in [0, 0.05) is 24.0 Å². The number of aldehydes is 1. The summed E-state index contributed by atoms with van der Waals surface area (Å²) in [6.07, 6.45) is -3.36. The topological polar surface area (TPSA) is 111 Å². The number of hydrogen-bond acceptors (Lipinski definition) is 6. The Kier molecular flexibility index (Phi) is 14.5. The molecule has 0 saturated carbocycles. The normalized spacial score (nSPS) is 14.8. The Hall–Kier alpha value is -3.96. The standard InChI is InChI=1S/C20H19F4NO4.C7H11NO2.C2H6/c1-12(2)7-14-4-3-13(8-15(14)10-26)11-28-19(27)25-18-9-16(5-6-17(18)21)29-20(22,23)24;1-5-2-3-6(9)4-8-7(5)10;1-2/h3-6,8-10,12H,7,11H2,1-2H3,(H,25,27);5H,2-4H2,1H3,(H,8,10);1-2H3. The number of ether oxygens (including phenoxy) is 2. The molecular weight excluding hydrogens is 548 g/mol. The lowest BCUT2D eigenvalue weighted by Gasteiger charge is -2.12. The fraction of sp³-hybridized carbons (Fsp3) is 0.448. The summed E-state index contributed by atoms with van der Waals surface area (Å²) in [4.78, 5) is 44.8. The molecule has 0 aliphatic carbocycles. The molecule has 8 nitrogen and oxygen atoms in total. The summed E-state index contributed by atoms with van der Waals surface area (Å²) in [5.41, 5.74) is 1.34. The van der Waals surface area contributed by atoms with Crippen LogP contribution in [0.1, 0.15) is 68.9 Å². The fourth-order valence-electron chi connectivity index (χ4n) is 3.52. The van der Waals surface area contributed by atoms with Crippen molar-refractivity contribution in [1.82, 2.24) is 5.32 Å². The number of alkyl halides is 3. The maximum Gasteiger partial charge on any atom is 0.573 e. The molecule has 2 amide bonds. The van der Waals surface area contributed by atoms with E-state index < -0.39 is 29.7 Å². The predicted octanol–water partition coefficient (Wildman–Crippen LogP) is 6.61. The van der Waals surface area contributed by atoms with E-state index in [1.807, 2.05) is 39.9 Å². The summed E-state index contributed by atoms with van der Waals surface area (Å²) in [6.45, 7) is 9.89. The zero-order valence-corrected chi connectivity index (χ0v) is 23.7. The first-order valence-electron chi connectivity index (χ1n) is 13.1. The lowest BCUT2D eigenvalue weighted by Crippen LogP contribution is -2.29. The molecule has 0 spiro atoms. The third-order valence-electron chi connectivity index (χ3n) is 5.51. The summed E-state index contributed by atoms with van der Waals surface area (Å²) >= 11 is 0. The van der Waals surface area contributed by atoms with Crippen LogP contribution < -0.4 is 15.4 Å². The predicted molar refractivity (Wildman–Crippen MR) is 145 cm³/mol. The van der Waals surface area contributed by atoms with Crippen molar-refractivity contribution in [2.24, 2.45) is 11.8 Å². The Balaban J connectivity index is 0.000000584. The average Bonchev–Trinajstić information content (AvgIpc) is 3.05. The van der Waals surface area contributed by atoms with Gasteiger partial charge >= 0.3 is 12.5 Å². The molecule has 2 N–H and O–H groups in total. The van der Waals surface area contributed by atoms with Crippen LogP contribution in [-0.4, -0.2) is 37.0 Å². The maximum absolute atomic E-state index is 13.7. The van der Waals surface area contributed by atoms with Gasteiger partial charge in [-0.1, -0.05) is 46.8 Å². The van der Waals surface area contributed by atoms with Gasteiger partial charge in [0.25, 0.3) is 0 Å². The molecule has 1 aliphatic heterocycles. The average molecular weight is 585 g/mol. The third-order valence-corrected chi connectivity index (χ3v) is 5.51. The quantitative estimate of drug-likeness (QED) is 0.280. The molecule has 1 aliphatic rings. The Labute approximate surface area is 236 Å². The molecule has 226 valence electrons. The van der Waals surface area contributed by atoms with Crippen LogP contribution in [0.25, 0.3) is 0 Å². The second-order valence-electron chi connectivity index (χ2n) is 9.34. The molecule has 41 heavy (non-hydrogen) atoms. The largest absolute Gasteiger partial charge is 0.573 e. The molecule has 1 atom stereocenters. The van der Waals surface area contributed by atoms with Crippen LogP contribution in [0, 0.1) is 17.7 Å². The van der Waals surface area contributed by atoms with E-state index >= 15 is 0 Å². The van der Waals surface area contributed by atoms with Gasteiger partial charge in [0.15, 0.2) is 5.78 Å². The monoisotopic (exact) mass is 584 g/mol. The van der Waals surface area contributed by atoms with E-state index in [-0.39, 0.29) is 30.8 Å². The molecule has 1 unspecified atom stereocenters. The zero-order valence-electron chi connectivity index (χ0n) is 23.7. The molecule has 2 aromatic rings. The number of amides is 2. The molecule has 0 aromatic heterocycles. The minimum atomic E-state index is -4.95. The first kappa shape index (κ1) is 35.1. The first-order valence-corrected chi connectivity index (χ1v) is 13.1. The molecular formula is C29H36F4N2O6. The molecule has 1 saturated heterocycles. The Morgan fingerprint density at radius 1 is 1.15 bits per heavy atom. The lowest BCUT2D eigenvalue weighted by molar-refractivity contribution is -0.274. The van der Waals surface area contributed by atoms with Crippen molar-refractivity contribution in [2.75, 3.05) is 11.9 Å². The number of benzene rings is 2. The summed E-state index contributed by atoms with van der Waals surface area (Å²) < 4.78 is 59.1. The van der Waals surface area contributed by atoms with Crippen LogP contribution in [0.5, 0.6) is 5.75 Å². The number of nitrogens with one attached hydrogen (secondary N) is 2. The van der Waals surface area contributed by atoms with Crippen molar-refractivity contribution >= 4 is 29.8 Å². The molecule has 2 aromatic carbocycles. The Morgan fingerprint density at radius 2 is 1.83 bits per heavy atom. The Morgan fingerprint density at radius 3 is 2.44 bits per heavy atom. The summed E-state index contributed by atoms with van der Waals surface area (Å²) in [5.74, 6) is -1.15. The van der Waals surface area contributed by atoms with Crippen molar-refractivity contribution in [3.63, 3.8) is 0 Å². The molecule has 0 radical (unpaired) electrons. The van der Waals surface area contributed by atoms with Crippen LogP contribution in [-0.2, 0) is 27.4 Å². The first-order chi connectivity index (χ1) is 19.3. The van der Waals surface area contributed by atoms with Crippen LogP contribution in [0.3, 0.4) is 0 Å². The molecule has 1 heterocycles. The van der Waals surface area contributed by atoms with Gasteiger partial charge in [-0.3, -0.25) is 19.7 Å². The highest BCUT2D eigenvalue weighted by Crippen LogP contribution is 2.27. The van der Waals surface area contributed by atoms with Crippen molar-refractivity contribution in [3.05, 3.63) is 58.9 Å². The van der Waals surface area contributed by atoms with Gasteiger partial charge < -0.3 is 14.8 Å². The zero-order chi connectivity index (χ0) is 31.2. The minimum Gasteiger partial charge on any atom is -0.444 e. The molecule has 3 rings (SSSR count). The van der Waals surface area contributed by atoms with Crippen LogP contribution in [0.15, 0.2) is 36.4 Å². The summed E-state index contributed by atoms with van der Waals surface area (Å²) in [6, 6.07) is 7.22. The van der Waals surface area contributed by atoms with Crippen molar-refractivity contribution in [1.29, 1.82) is 0 Å². The smallest absolute Gasteiger partial charge is 0.444 e. The van der Waals surface area contributed by atoms with Crippen LogP contribution in [0.4, 0.5) is 28.0 Å². The van der Waals surface area contributed by atoms with E-state index in [1.165, 1.54) is 0 Å². The number of halogens is 4. The van der Waals surface area contributed by atoms with Gasteiger partial charge in [0.2, 0.25) is 5.91 Å². The maximum atomic E-state index is 13.7. The number of rotatable bonds is 7. The number of hydrogen-bond donors (Lipinski definition) is 2. The number of carbonyl (C=O) groups excluding carboxylic acids is 4. The summed E-state index contributed by atoms with van der Waals surface area (Å²) in [5, 5.41) is 4.58. The third kappa shape index (κ3) is 13.3. The van der Waals surface area contributed by atoms with Gasteiger partial charge in [0.1, 0.15) is 24.5 Å². The van der Waals surface area contributed by atoms with Gasteiger partial charge in [-0.25, -0.2) is 9.18 Å². The van der Waals surface area contributed by atoms with Gasteiger partial charge in [-0.2, -0.15) is 0 Å². The minimum absolute atomic E-state index is 0.00542. The highest BCUT2D eigenvalue weighted by Gasteiger charge is 2.31. The number of Topliss-reactive ketones (excluding diaryl/α,β-unsaturated/α-hetero) is 1. The van der Waals surface area contributed by atoms with E-state index in [4.69, 9.17) is 4.74 Å². The molecule has 0 bridgehead atoms. The van der Waals surface area contributed by atoms with Gasteiger partial charge in [0.05, 0.1) is 12.2 Å². The summed E-state index contributed by atoms with van der Waals surface area (Å²) in [7, 11) is 0. The highest BCUT2D eigenvalue weighted by atomic mass is 19.4. The molecule has 12 heteroatoms. The van der Waals surface area contributed by atoms with E-state index in [9.17, 15) is 36.7 Å². The second-order valence-corrected chi connectivity index (χ2v) is 9.34. The van der Waals surface area contributed by atoms with Crippen molar-refractivity contribution < 1.29 is 46.2 Å². The number of anilines is 1. The fourth-order valence-corrected chi connectivity index (χ4v) is 3.52. The number of ketones is 1. The van der Waals surface area contributed by atoms with Gasteiger partial charge in [-0.15, -0.1) is 13.2 Å². The SMILES string of the molecule is CC.CC(C)Cc1ccc(COC(=O)Nc2cc(OC(F)(F)F)ccc2F)cc1C=O.CC1CCC(=O)CNC1=O. The Bertz CT molecular complexity index is 1180. The van der Waals surface area contributed by atoms with Gasteiger partial charge in [-0.05, 0) is 48.1 Å². The van der Waals surface area contributed by atoms with E-state index in [2.05, 4.69) is 10.1 Å². The van der Waals surface area contributed by atoms with E-state index in [0.29, 0.717) is 48.7 Å². The number of carbonyl (C=O) groups is 4. The van der Waals surface area contributed by atoms with E-state index in [1.54, 1.807) is 18.2 Å². The van der Waals surface area contributed by atoms with Crippen LogP contribution in [0.2, 0.25) is 0 Å². The highest BCUT2D eigenvalue weighted by molar-refractivity contribution is 5.89. The van der Waals surface area contributed by atoms with E-state index in [0.717, 1.165) is 17.7 Å². The molecule has 1 fully saturated rings. The lowest BCUT2D eigenvalue weighted by atomic mass is 9.97. The van der Waals surface area contributed by atoms with Crippen molar-refractivity contribution in [2.45, 2.75) is 66.9 Å². The second kappa shape index (κ2) is 17.0. The van der Waals surface area contributed by atoms with Crippen molar-refractivity contribution in [3.8, 4) is 5.75 Å².